The molecule has 1 heterocycles. The molecule has 0 saturated heterocycles. The zero-order valence-electron chi connectivity index (χ0n) is 14.7. The lowest BCUT2D eigenvalue weighted by Gasteiger charge is -2.38. The van der Waals surface area contributed by atoms with Crippen molar-refractivity contribution in [1.82, 2.24) is 5.32 Å². The lowest BCUT2D eigenvalue weighted by atomic mass is 9.76. The second-order valence-corrected chi connectivity index (χ2v) is 9.00. The van der Waals surface area contributed by atoms with Gasteiger partial charge in [0, 0.05) is 26.0 Å². The molecule has 1 fully saturated rings. The van der Waals surface area contributed by atoms with Crippen LogP contribution in [0.3, 0.4) is 0 Å². The summed E-state index contributed by atoms with van der Waals surface area (Å²) >= 11 is 30.4. The van der Waals surface area contributed by atoms with E-state index >= 15 is 0 Å². The molecule has 0 spiro atoms. The number of allylic oxidation sites excluding steroid dienone is 1. The summed E-state index contributed by atoms with van der Waals surface area (Å²) in [6.07, 6.45) is 5.08. The third kappa shape index (κ3) is 4.10. The SMILES string of the molecule is S=C1N=C2/C(=C/c3ccc(Cl)cc3Cl)CCC[C@@H]2[C@H](c2ccc(Cl)cc2Cl)N1. The maximum atomic E-state index is 6.49. The lowest BCUT2D eigenvalue weighted by molar-refractivity contribution is 0.441. The van der Waals surface area contributed by atoms with Crippen molar-refractivity contribution in [3.63, 3.8) is 0 Å². The quantitative estimate of drug-likeness (QED) is 0.459. The third-order valence-electron chi connectivity index (χ3n) is 5.13. The third-order valence-corrected chi connectivity index (χ3v) is 6.47. The fourth-order valence-corrected chi connectivity index (χ4v) is 5.08. The predicted molar refractivity (Wildman–Crippen MR) is 124 cm³/mol. The van der Waals surface area contributed by atoms with E-state index in [2.05, 4.69) is 16.4 Å². The van der Waals surface area contributed by atoms with Gasteiger partial charge >= 0.3 is 0 Å². The van der Waals surface area contributed by atoms with Gasteiger partial charge in [-0.25, -0.2) is 4.99 Å². The van der Waals surface area contributed by atoms with Gasteiger partial charge in [0.2, 0.25) is 0 Å². The number of hydrogen-bond acceptors (Lipinski definition) is 1. The monoisotopic (exact) mass is 468 g/mol. The van der Waals surface area contributed by atoms with Crippen molar-refractivity contribution < 1.29 is 0 Å². The summed E-state index contributed by atoms with van der Waals surface area (Å²) in [4.78, 5) is 4.68. The molecule has 1 aliphatic carbocycles. The molecular formula is C21H16Cl4N2S. The van der Waals surface area contributed by atoms with E-state index in [1.54, 1.807) is 12.1 Å². The first-order valence-electron chi connectivity index (χ1n) is 8.92. The zero-order chi connectivity index (χ0) is 19.8. The first-order chi connectivity index (χ1) is 13.4. The highest BCUT2D eigenvalue weighted by atomic mass is 35.5. The first kappa shape index (κ1) is 20.2. The van der Waals surface area contributed by atoms with E-state index in [9.17, 15) is 0 Å². The van der Waals surface area contributed by atoms with E-state index in [0.717, 1.165) is 41.7 Å². The Balaban J connectivity index is 1.74. The molecular weight excluding hydrogens is 454 g/mol. The highest BCUT2D eigenvalue weighted by Crippen LogP contribution is 2.41. The number of halogens is 4. The molecule has 2 nitrogen and oxygen atoms in total. The van der Waals surface area contributed by atoms with Gasteiger partial charge in [0.25, 0.3) is 0 Å². The van der Waals surface area contributed by atoms with E-state index in [-0.39, 0.29) is 12.0 Å². The van der Waals surface area contributed by atoms with Crippen LogP contribution in [0.25, 0.3) is 6.08 Å². The molecule has 0 bridgehead atoms. The first-order valence-corrected chi connectivity index (χ1v) is 10.8. The molecule has 2 aromatic rings. The van der Waals surface area contributed by atoms with Gasteiger partial charge in [0.1, 0.15) is 0 Å². The summed E-state index contributed by atoms with van der Waals surface area (Å²) < 4.78 is 0. The van der Waals surface area contributed by atoms with Gasteiger partial charge in [0.15, 0.2) is 5.11 Å². The molecule has 2 aromatic carbocycles. The Morgan fingerprint density at radius 3 is 2.43 bits per heavy atom. The minimum absolute atomic E-state index is 0.0332. The Bertz CT molecular complexity index is 1020. The molecule has 7 heteroatoms. The highest BCUT2D eigenvalue weighted by molar-refractivity contribution is 7.80. The van der Waals surface area contributed by atoms with Crippen molar-refractivity contribution in [1.29, 1.82) is 0 Å². The molecule has 1 aliphatic heterocycles. The summed E-state index contributed by atoms with van der Waals surface area (Å²) in [5.74, 6) is 0.177. The van der Waals surface area contributed by atoms with Crippen molar-refractivity contribution in [3.05, 3.63) is 73.2 Å². The topological polar surface area (TPSA) is 24.4 Å². The number of hydrogen-bond donors (Lipinski definition) is 1. The van der Waals surface area contributed by atoms with Crippen LogP contribution in [-0.2, 0) is 0 Å². The molecule has 28 heavy (non-hydrogen) atoms. The molecule has 0 aromatic heterocycles. The van der Waals surface area contributed by atoms with E-state index in [0.29, 0.717) is 25.2 Å². The molecule has 144 valence electrons. The Morgan fingerprint density at radius 2 is 1.71 bits per heavy atom. The van der Waals surface area contributed by atoms with Gasteiger partial charge in [-0.15, -0.1) is 0 Å². The highest BCUT2D eigenvalue weighted by Gasteiger charge is 2.36. The Morgan fingerprint density at radius 1 is 1.00 bits per heavy atom. The van der Waals surface area contributed by atoms with Crippen LogP contribution in [-0.4, -0.2) is 10.8 Å². The molecule has 0 amide bonds. The van der Waals surface area contributed by atoms with Gasteiger partial charge in [-0.3, -0.25) is 0 Å². The van der Waals surface area contributed by atoms with Crippen molar-refractivity contribution in [2.75, 3.05) is 0 Å². The normalized spacial score (nSPS) is 23.2. The van der Waals surface area contributed by atoms with E-state index in [4.69, 9.17) is 58.6 Å². The molecule has 1 saturated carbocycles. The molecule has 2 aliphatic rings. The van der Waals surface area contributed by atoms with Gasteiger partial charge < -0.3 is 5.32 Å². The van der Waals surface area contributed by atoms with Crippen LogP contribution < -0.4 is 5.32 Å². The van der Waals surface area contributed by atoms with Crippen LogP contribution in [0.4, 0.5) is 0 Å². The summed E-state index contributed by atoms with van der Waals surface area (Å²) in [5.41, 5.74) is 4.07. The minimum Gasteiger partial charge on any atom is -0.353 e. The fraction of sp³-hybridized carbons (Fsp3) is 0.238. The summed E-state index contributed by atoms with van der Waals surface area (Å²) in [5, 5.41) is 6.29. The number of fused-ring (bicyclic) bond motifs is 1. The van der Waals surface area contributed by atoms with Crippen LogP contribution in [0.2, 0.25) is 20.1 Å². The maximum absolute atomic E-state index is 6.49. The number of rotatable bonds is 2. The van der Waals surface area contributed by atoms with E-state index < -0.39 is 0 Å². The summed E-state index contributed by atoms with van der Waals surface area (Å²) in [6.45, 7) is 0. The summed E-state index contributed by atoms with van der Waals surface area (Å²) in [7, 11) is 0. The van der Waals surface area contributed by atoms with Crippen LogP contribution in [0.15, 0.2) is 47.0 Å². The van der Waals surface area contributed by atoms with Crippen LogP contribution in [0.1, 0.15) is 36.4 Å². The smallest absolute Gasteiger partial charge is 0.193 e. The second-order valence-electron chi connectivity index (χ2n) is 6.92. The number of nitrogens with zero attached hydrogens (tertiary/aromatic N) is 1. The van der Waals surface area contributed by atoms with Crippen LogP contribution in [0, 0.1) is 5.92 Å². The predicted octanol–water partition coefficient (Wildman–Crippen LogP) is 7.55. The van der Waals surface area contributed by atoms with Crippen molar-refractivity contribution in [2.45, 2.75) is 25.3 Å². The molecule has 1 N–H and O–H groups in total. The number of thiocarbonyl (C=S) groups is 1. The van der Waals surface area contributed by atoms with Crippen LogP contribution in [0.5, 0.6) is 0 Å². The van der Waals surface area contributed by atoms with Crippen molar-refractivity contribution in [2.24, 2.45) is 10.9 Å². The number of aliphatic imine (C=N–C) groups is 1. The molecule has 2 atom stereocenters. The van der Waals surface area contributed by atoms with E-state index in [1.165, 1.54) is 0 Å². The van der Waals surface area contributed by atoms with Crippen molar-refractivity contribution in [3.8, 4) is 0 Å². The maximum Gasteiger partial charge on any atom is 0.193 e. The van der Waals surface area contributed by atoms with Gasteiger partial charge in [-0.05, 0) is 78.5 Å². The zero-order valence-corrected chi connectivity index (χ0v) is 18.5. The Hall–Kier alpha value is -1.10. The number of nitrogens with one attached hydrogen (secondary N) is 1. The fourth-order valence-electron chi connectivity index (χ4n) is 3.87. The average Bonchev–Trinajstić information content (AvgIpc) is 2.64. The average molecular weight is 470 g/mol. The molecule has 4 rings (SSSR count). The van der Waals surface area contributed by atoms with Crippen LogP contribution >= 0.6 is 58.6 Å². The molecule has 0 unspecified atom stereocenters. The molecule has 0 radical (unpaired) electrons. The van der Waals surface area contributed by atoms with E-state index in [1.807, 2.05) is 24.3 Å². The van der Waals surface area contributed by atoms with Crippen molar-refractivity contribution >= 4 is 75.5 Å². The largest absolute Gasteiger partial charge is 0.353 e. The second kappa shape index (κ2) is 8.33. The van der Waals surface area contributed by atoms with Gasteiger partial charge in [-0.2, -0.15) is 0 Å². The standard InChI is InChI=1S/C21H16Cl4N2S/c22-13-5-4-11(17(24)9-13)8-12-2-1-3-16-19(12)26-21(28)27-20(16)15-7-6-14(23)10-18(15)25/h4-10,16,20H,1-3H2,(H,27,28)/b12-8+/t16-,20-/m0/s1. The Kier molecular flexibility index (Phi) is 6.01. The number of benzene rings is 2. The van der Waals surface area contributed by atoms with Gasteiger partial charge in [-0.1, -0.05) is 58.5 Å². The Labute approximate surface area is 189 Å². The summed E-state index contributed by atoms with van der Waals surface area (Å²) in [6, 6.07) is 11.1. The minimum atomic E-state index is -0.0332. The lowest BCUT2D eigenvalue weighted by Crippen LogP contribution is -2.43. The van der Waals surface area contributed by atoms with Gasteiger partial charge in [0.05, 0.1) is 11.8 Å².